The molecule has 0 heterocycles. The van der Waals surface area contributed by atoms with Gasteiger partial charge in [-0.05, 0) is 55.6 Å². The van der Waals surface area contributed by atoms with Crippen LogP contribution in [0.3, 0.4) is 0 Å². The van der Waals surface area contributed by atoms with E-state index in [-0.39, 0.29) is 24.8 Å². The van der Waals surface area contributed by atoms with Gasteiger partial charge in [0.25, 0.3) is 0 Å². The minimum Gasteiger partial charge on any atom is -0.493 e. The normalized spacial score (nSPS) is 10.1. The fraction of sp³-hybridized carbons (Fsp3) is 0.478. The van der Waals surface area contributed by atoms with E-state index in [1.165, 1.54) is 37.1 Å². The van der Waals surface area contributed by atoms with E-state index >= 15 is 0 Å². The van der Waals surface area contributed by atoms with E-state index < -0.39 is 0 Å². The van der Waals surface area contributed by atoms with Crippen LogP contribution >= 0.6 is 24.8 Å². The lowest BCUT2D eigenvalue weighted by molar-refractivity contribution is 0.277. The highest BCUT2D eigenvalue weighted by Crippen LogP contribution is 2.28. The Morgan fingerprint density at radius 2 is 1.43 bits per heavy atom. The van der Waals surface area contributed by atoms with Crippen molar-refractivity contribution in [3.8, 4) is 11.5 Å². The van der Waals surface area contributed by atoms with Gasteiger partial charge in [0.1, 0.15) is 0 Å². The lowest BCUT2D eigenvalue weighted by Gasteiger charge is -2.21. The molecule has 2 aromatic rings. The highest BCUT2D eigenvalue weighted by atomic mass is 35.5. The first-order chi connectivity index (χ1) is 12.8. The standard InChI is InChI=1S/C23H33NO2.2ClH/c1-4-15-24(16-5-2)17-13-21-11-12-22(25-3)23(19-21)26-18-14-20-9-7-6-8-10-20;;/h6-12,19H,4-5,13-18H2,1-3H3;2*1H. The minimum atomic E-state index is 0. The number of benzene rings is 2. The fourth-order valence-electron chi connectivity index (χ4n) is 3.17. The van der Waals surface area contributed by atoms with Gasteiger partial charge in [0.15, 0.2) is 11.5 Å². The van der Waals surface area contributed by atoms with Gasteiger partial charge in [-0.1, -0.05) is 50.2 Å². The molecule has 0 spiro atoms. The van der Waals surface area contributed by atoms with Crippen molar-refractivity contribution in [1.82, 2.24) is 4.90 Å². The molecule has 158 valence electrons. The summed E-state index contributed by atoms with van der Waals surface area (Å²) in [5, 5.41) is 0. The van der Waals surface area contributed by atoms with E-state index in [0.717, 1.165) is 30.9 Å². The summed E-state index contributed by atoms with van der Waals surface area (Å²) in [6.07, 6.45) is 4.35. The zero-order chi connectivity index (χ0) is 18.6. The molecule has 0 aromatic heterocycles. The Kier molecular flexibility index (Phi) is 14.7. The molecule has 0 saturated carbocycles. The average Bonchev–Trinajstić information content (AvgIpc) is 2.67. The quantitative estimate of drug-likeness (QED) is 0.425. The molecule has 2 rings (SSSR count). The summed E-state index contributed by atoms with van der Waals surface area (Å²) in [7, 11) is 1.70. The van der Waals surface area contributed by atoms with E-state index in [1.807, 2.05) is 12.1 Å². The Balaban J connectivity index is 0.00000364. The molecule has 0 atom stereocenters. The molecule has 0 bridgehead atoms. The van der Waals surface area contributed by atoms with Gasteiger partial charge in [-0.3, -0.25) is 0 Å². The third-order valence-electron chi connectivity index (χ3n) is 4.52. The molecular formula is C23H35Cl2NO2. The second kappa shape index (κ2) is 15.5. The molecule has 0 fully saturated rings. The van der Waals surface area contributed by atoms with E-state index in [1.54, 1.807) is 7.11 Å². The van der Waals surface area contributed by atoms with Crippen molar-refractivity contribution in [3.05, 3.63) is 59.7 Å². The molecule has 5 heteroatoms. The Bertz CT molecular complexity index is 632. The van der Waals surface area contributed by atoms with Crippen LogP contribution in [0.15, 0.2) is 48.5 Å². The van der Waals surface area contributed by atoms with Crippen LogP contribution in [0, 0.1) is 0 Å². The Hall–Kier alpha value is -1.42. The zero-order valence-electron chi connectivity index (χ0n) is 17.4. The molecule has 0 N–H and O–H groups in total. The van der Waals surface area contributed by atoms with Crippen molar-refractivity contribution in [2.45, 2.75) is 39.5 Å². The highest BCUT2D eigenvalue weighted by molar-refractivity contribution is 5.85. The van der Waals surface area contributed by atoms with Crippen molar-refractivity contribution in [3.63, 3.8) is 0 Å². The monoisotopic (exact) mass is 427 g/mol. The largest absolute Gasteiger partial charge is 0.493 e. The van der Waals surface area contributed by atoms with Gasteiger partial charge in [-0.2, -0.15) is 0 Å². The van der Waals surface area contributed by atoms with Crippen LogP contribution in [0.25, 0.3) is 0 Å². The third kappa shape index (κ3) is 9.18. The van der Waals surface area contributed by atoms with Gasteiger partial charge < -0.3 is 14.4 Å². The van der Waals surface area contributed by atoms with Crippen molar-refractivity contribution < 1.29 is 9.47 Å². The van der Waals surface area contributed by atoms with Gasteiger partial charge >= 0.3 is 0 Å². The van der Waals surface area contributed by atoms with Crippen LogP contribution in [0.5, 0.6) is 11.5 Å². The van der Waals surface area contributed by atoms with Crippen LogP contribution < -0.4 is 9.47 Å². The number of hydrogen-bond acceptors (Lipinski definition) is 3. The zero-order valence-corrected chi connectivity index (χ0v) is 19.0. The number of ether oxygens (including phenoxy) is 2. The molecule has 0 aliphatic carbocycles. The molecule has 0 radical (unpaired) electrons. The predicted octanol–water partition coefficient (Wildman–Crippen LogP) is 5.82. The summed E-state index contributed by atoms with van der Waals surface area (Å²) >= 11 is 0. The van der Waals surface area contributed by atoms with E-state index in [0.29, 0.717) is 6.61 Å². The summed E-state index contributed by atoms with van der Waals surface area (Å²) < 4.78 is 11.5. The van der Waals surface area contributed by atoms with Crippen molar-refractivity contribution in [2.24, 2.45) is 0 Å². The van der Waals surface area contributed by atoms with E-state index in [2.05, 4.69) is 55.1 Å². The molecule has 0 amide bonds. The first kappa shape index (κ1) is 26.6. The second-order valence-electron chi connectivity index (χ2n) is 6.66. The predicted molar refractivity (Wildman–Crippen MR) is 124 cm³/mol. The Labute approximate surface area is 183 Å². The molecule has 2 aromatic carbocycles. The average molecular weight is 428 g/mol. The third-order valence-corrected chi connectivity index (χ3v) is 4.52. The van der Waals surface area contributed by atoms with Crippen LogP contribution in [-0.2, 0) is 12.8 Å². The smallest absolute Gasteiger partial charge is 0.161 e. The number of rotatable bonds is 12. The van der Waals surface area contributed by atoms with Crippen LogP contribution in [0.1, 0.15) is 37.8 Å². The van der Waals surface area contributed by atoms with Crippen molar-refractivity contribution in [1.29, 1.82) is 0 Å². The van der Waals surface area contributed by atoms with Gasteiger partial charge in [0.05, 0.1) is 13.7 Å². The first-order valence-electron chi connectivity index (χ1n) is 9.82. The molecule has 0 aliphatic heterocycles. The molecular weight excluding hydrogens is 393 g/mol. The molecule has 3 nitrogen and oxygen atoms in total. The van der Waals surface area contributed by atoms with Crippen LogP contribution in [0.2, 0.25) is 0 Å². The number of halogens is 2. The molecule has 0 aliphatic rings. The number of methoxy groups -OCH3 is 1. The van der Waals surface area contributed by atoms with Gasteiger partial charge in [0.2, 0.25) is 0 Å². The lowest BCUT2D eigenvalue weighted by atomic mass is 10.1. The Morgan fingerprint density at radius 1 is 0.750 bits per heavy atom. The van der Waals surface area contributed by atoms with Crippen molar-refractivity contribution in [2.75, 3.05) is 33.4 Å². The maximum atomic E-state index is 6.04. The summed E-state index contributed by atoms with van der Waals surface area (Å²) in [5.41, 5.74) is 2.59. The number of hydrogen-bond donors (Lipinski definition) is 0. The van der Waals surface area contributed by atoms with Gasteiger partial charge in [0, 0.05) is 13.0 Å². The SMILES string of the molecule is CCCN(CCC)CCc1ccc(OC)c(OCCc2ccccc2)c1.Cl.Cl. The minimum absolute atomic E-state index is 0. The van der Waals surface area contributed by atoms with Gasteiger partial charge in [-0.15, -0.1) is 24.8 Å². The summed E-state index contributed by atoms with van der Waals surface area (Å²) in [6.45, 7) is 8.58. The molecule has 0 saturated heterocycles. The van der Waals surface area contributed by atoms with E-state index in [4.69, 9.17) is 9.47 Å². The lowest BCUT2D eigenvalue weighted by Crippen LogP contribution is -2.27. The van der Waals surface area contributed by atoms with E-state index in [9.17, 15) is 0 Å². The summed E-state index contributed by atoms with van der Waals surface area (Å²) in [6, 6.07) is 16.7. The van der Waals surface area contributed by atoms with Crippen LogP contribution in [0.4, 0.5) is 0 Å². The Morgan fingerprint density at radius 3 is 2.04 bits per heavy atom. The maximum absolute atomic E-state index is 6.04. The molecule has 0 unspecified atom stereocenters. The summed E-state index contributed by atoms with van der Waals surface area (Å²) in [4.78, 5) is 2.54. The van der Waals surface area contributed by atoms with Crippen molar-refractivity contribution >= 4 is 24.8 Å². The second-order valence-corrected chi connectivity index (χ2v) is 6.66. The number of nitrogens with zero attached hydrogens (tertiary/aromatic N) is 1. The molecule has 28 heavy (non-hydrogen) atoms. The summed E-state index contributed by atoms with van der Waals surface area (Å²) in [5.74, 6) is 1.65. The van der Waals surface area contributed by atoms with Crippen LogP contribution in [-0.4, -0.2) is 38.3 Å². The fourth-order valence-corrected chi connectivity index (χ4v) is 3.17. The van der Waals surface area contributed by atoms with Gasteiger partial charge in [-0.25, -0.2) is 0 Å². The first-order valence-corrected chi connectivity index (χ1v) is 9.82. The highest BCUT2D eigenvalue weighted by Gasteiger charge is 2.08. The maximum Gasteiger partial charge on any atom is 0.161 e. The topological polar surface area (TPSA) is 21.7 Å².